The van der Waals surface area contributed by atoms with Crippen molar-refractivity contribution in [3.63, 3.8) is 0 Å². The van der Waals surface area contributed by atoms with E-state index in [1.54, 1.807) is 0 Å². The molecular formula is C14H12N2. The molecule has 0 amide bonds. The maximum absolute atomic E-state index is 4.03. The van der Waals surface area contributed by atoms with Gasteiger partial charge in [-0.15, -0.1) is 0 Å². The molecule has 3 rings (SSSR count). The summed E-state index contributed by atoms with van der Waals surface area (Å²) >= 11 is 0. The number of hydrogen-bond donors (Lipinski definition) is 1. The van der Waals surface area contributed by atoms with Crippen molar-refractivity contribution in [2.75, 3.05) is 0 Å². The lowest BCUT2D eigenvalue weighted by Gasteiger charge is -1.99. The summed E-state index contributed by atoms with van der Waals surface area (Å²) in [5, 5.41) is 1.30. The zero-order chi connectivity index (χ0) is 10.8. The van der Waals surface area contributed by atoms with Crippen LogP contribution in [0.2, 0.25) is 0 Å². The summed E-state index contributed by atoms with van der Waals surface area (Å²) in [4.78, 5) is 7.32. The zero-order valence-electron chi connectivity index (χ0n) is 8.85. The van der Waals surface area contributed by atoms with E-state index in [0.29, 0.717) is 0 Å². The van der Waals surface area contributed by atoms with Gasteiger partial charge in [0, 0.05) is 29.5 Å². The van der Waals surface area contributed by atoms with E-state index in [2.05, 4.69) is 52.6 Å². The van der Waals surface area contributed by atoms with Gasteiger partial charge in [-0.2, -0.15) is 0 Å². The predicted molar refractivity (Wildman–Crippen MR) is 65.3 cm³/mol. The zero-order valence-corrected chi connectivity index (χ0v) is 8.85. The average molecular weight is 208 g/mol. The number of benzene rings is 1. The molecule has 2 nitrogen and oxygen atoms in total. The Balaban J connectivity index is 2.01. The van der Waals surface area contributed by atoms with Crippen LogP contribution in [0.1, 0.15) is 11.1 Å². The van der Waals surface area contributed by atoms with Crippen molar-refractivity contribution in [1.82, 2.24) is 9.97 Å². The van der Waals surface area contributed by atoms with E-state index in [4.69, 9.17) is 0 Å². The van der Waals surface area contributed by atoms with Crippen molar-refractivity contribution in [1.29, 1.82) is 0 Å². The second kappa shape index (κ2) is 3.81. The molecule has 0 bridgehead atoms. The van der Waals surface area contributed by atoms with E-state index < -0.39 is 0 Å². The number of fused-ring (bicyclic) bond motifs is 1. The number of nitrogens with one attached hydrogen (secondary N) is 1. The first-order valence-corrected chi connectivity index (χ1v) is 5.37. The molecule has 1 aromatic carbocycles. The summed E-state index contributed by atoms with van der Waals surface area (Å²) in [6, 6.07) is 12.5. The summed E-state index contributed by atoms with van der Waals surface area (Å²) < 4.78 is 0. The minimum Gasteiger partial charge on any atom is -0.361 e. The summed E-state index contributed by atoms with van der Waals surface area (Å²) in [6.45, 7) is 0. The van der Waals surface area contributed by atoms with Gasteiger partial charge >= 0.3 is 0 Å². The van der Waals surface area contributed by atoms with Crippen molar-refractivity contribution in [3.05, 3.63) is 66.1 Å². The number of aromatic nitrogens is 2. The Morgan fingerprint density at radius 3 is 2.69 bits per heavy atom. The largest absolute Gasteiger partial charge is 0.361 e. The Hall–Kier alpha value is -2.09. The van der Waals surface area contributed by atoms with Crippen LogP contribution in [0.4, 0.5) is 0 Å². The number of para-hydroxylation sites is 1. The fourth-order valence-electron chi connectivity index (χ4n) is 2.00. The van der Waals surface area contributed by atoms with Gasteiger partial charge in [0.2, 0.25) is 0 Å². The van der Waals surface area contributed by atoms with Gasteiger partial charge < -0.3 is 4.98 Å². The van der Waals surface area contributed by atoms with Gasteiger partial charge in [0.05, 0.1) is 0 Å². The summed E-state index contributed by atoms with van der Waals surface area (Å²) in [6.07, 6.45) is 6.71. The molecule has 16 heavy (non-hydrogen) atoms. The normalized spacial score (nSPS) is 10.8. The molecule has 0 radical (unpaired) electrons. The van der Waals surface area contributed by atoms with Crippen molar-refractivity contribution in [2.24, 2.45) is 0 Å². The van der Waals surface area contributed by atoms with E-state index in [-0.39, 0.29) is 0 Å². The number of hydrogen-bond acceptors (Lipinski definition) is 1. The van der Waals surface area contributed by atoms with Crippen LogP contribution in [0.5, 0.6) is 0 Å². The molecule has 0 aliphatic rings. The summed E-state index contributed by atoms with van der Waals surface area (Å²) in [7, 11) is 0. The smallest absolute Gasteiger partial charge is 0.0456 e. The Morgan fingerprint density at radius 1 is 1.00 bits per heavy atom. The van der Waals surface area contributed by atoms with E-state index in [0.717, 1.165) is 6.42 Å². The number of nitrogens with zero attached hydrogens (tertiary/aromatic N) is 1. The van der Waals surface area contributed by atoms with Gasteiger partial charge in [0.25, 0.3) is 0 Å². The van der Waals surface area contributed by atoms with Crippen molar-refractivity contribution in [2.45, 2.75) is 6.42 Å². The summed E-state index contributed by atoms with van der Waals surface area (Å²) in [5.41, 5.74) is 3.83. The van der Waals surface area contributed by atoms with Crippen LogP contribution >= 0.6 is 0 Å². The van der Waals surface area contributed by atoms with Gasteiger partial charge in [0.1, 0.15) is 0 Å². The molecule has 0 saturated heterocycles. The van der Waals surface area contributed by atoms with E-state index >= 15 is 0 Å². The molecule has 78 valence electrons. The molecule has 0 saturated carbocycles. The first-order valence-electron chi connectivity index (χ1n) is 5.37. The molecule has 2 heteroatoms. The average Bonchev–Trinajstić information content (AvgIpc) is 2.74. The fraction of sp³-hybridized carbons (Fsp3) is 0.0714. The van der Waals surface area contributed by atoms with Crippen molar-refractivity contribution < 1.29 is 0 Å². The molecule has 3 aromatic rings. The molecule has 0 unspecified atom stereocenters. The Morgan fingerprint density at radius 2 is 1.81 bits per heavy atom. The minimum absolute atomic E-state index is 0.951. The number of H-pyrrole nitrogens is 1. The maximum Gasteiger partial charge on any atom is 0.0456 e. The van der Waals surface area contributed by atoms with E-state index in [1.165, 1.54) is 22.0 Å². The highest BCUT2D eigenvalue weighted by Crippen LogP contribution is 2.20. The minimum atomic E-state index is 0.951. The molecular weight excluding hydrogens is 196 g/mol. The molecule has 0 atom stereocenters. The van der Waals surface area contributed by atoms with Crippen LogP contribution < -0.4 is 0 Å². The van der Waals surface area contributed by atoms with Crippen LogP contribution in [0, 0.1) is 0 Å². The molecule has 0 fully saturated rings. The monoisotopic (exact) mass is 208 g/mol. The van der Waals surface area contributed by atoms with E-state index in [1.807, 2.05) is 12.4 Å². The third-order valence-electron chi connectivity index (χ3n) is 2.82. The Bertz CT molecular complexity index is 596. The number of pyridine rings is 1. The summed E-state index contributed by atoms with van der Waals surface area (Å²) in [5.74, 6) is 0. The van der Waals surface area contributed by atoms with Gasteiger partial charge in [0.15, 0.2) is 0 Å². The molecule has 2 heterocycles. The van der Waals surface area contributed by atoms with Crippen molar-refractivity contribution >= 4 is 10.9 Å². The van der Waals surface area contributed by atoms with Crippen LogP contribution in [-0.4, -0.2) is 9.97 Å². The maximum atomic E-state index is 4.03. The van der Waals surface area contributed by atoms with Crippen LogP contribution in [0.3, 0.4) is 0 Å². The number of rotatable bonds is 2. The lowest BCUT2D eigenvalue weighted by Crippen LogP contribution is -1.86. The van der Waals surface area contributed by atoms with Gasteiger partial charge in [-0.3, -0.25) is 4.98 Å². The fourth-order valence-corrected chi connectivity index (χ4v) is 2.00. The Labute approximate surface area is 94.0 Å². The van der Waals surface area contributed by atoms with Gasteiger partial charge in [-0.1, -0.05) is 18.2 Å². The SMILES string of the molecule is c1ccc2c(Cc3ccncc3)c[nH]c2c1. The quantitative estimate of drug-likeness (QED) is 0.688. The lowest BCUT2D eigenvalue weighted by molar-refractivity contribution is 1.17. The third-order valence-corrected chi connectivity index (χ3v) is 2.82. The Kier molecular flexibility index (Phi) is 2.18. The van der Waals surface area contributed by atoms with Crippen LogP contribution in [-0.2, 0) is 6.42 Å². The third kappa shape index (κ3) is 1.58. The first-order chi connectivity index (χ1) is 7.93. The molecule has 1 N–H and O–H groups in total. The van der Waals surface area contributed by atoms with Crippen LogP contribution in [0.15, 0.2) is 55.0 Å². The molecule has 2 aromatic heterocycles. The van der Waals surface area contributed by atoms with Gasteiger partial charge in [-0.05, 0) is 35.7 Å². The van der Waals surface area contributed by atoms with Gasteiger partial charge in [-0.25, -0.2) is 0 Å². The lowest BCUT2D eigenvalue weighted by atomic mass is 10.1. The first kappa shape index (κ1) is 9.16. The topological polar surface area (TPSA) is 28.7 Å². The second-order valence-corrected chi connectivity index (χ2v) is 3.89. The molecule has 0 aliphatic heterocycles. The highest BCUT2D eigenvalue weighted by atomic mass is 14.7. The standard InChI is InChI=1S/C14H12N2/c1-2-4-14-13(3-1)12(10-16-14)9-11-5-7-15-8-6-11/h1-8,10,16H,9H2. The second-order valence-electron chi connectivity index (χ2n) is 3.89. The number of aromatic amines is 1. The van der Waals surface area contributed by atoms with Crippen LogP contribution in [0.25, 0.3) is 10.9 Å². The van der Waals surface area contributed by atoms with E-state index in [9.17, 15) is 0 Å². The highest BCUT2D eigenvalue weighted by Gasteiger charge is 2.03. The highest BCUT2D eigenvalue weighted by molar-refractivity contribution is 5.83. The molecule has 0 aliphatic carbocycles. The van der Waals surface area contributed by atoms with Crippen molar-refractivity contribution in [3.8, 4) is 0 Å². The predicted octanol–water partition coefficient (Wildman–Crippen LogP) is 3.15. The molecule has 0 spiro atoms.